The molecule has 1 unspecified atom stereocenters. The van der Waals surface area contributed by atoms with Gasteiger partial charge in [0.05, 0.1) is 11.2 Å². The summed E-state index contributed by atoms with van der Waals surface area (Å²) in [6.45, 7) is 7.69. The van der Waals surface area contributed by atoms with E-state index in [1.165, 1.54) is 16.3 Å². The zero-order valence-electron chi connectivity index (χ0n) is 15.5. The molecular weight excluding hydrogens is 346 g/mol. The van der Waals surface area contributed by atoms with Gasteiger partial charge < -0.3 is 15.1 Å². The predicted molar refractivity (Wildman–Crippen MR) is 105 cm³/mol. The zero-order valence-corrected chi connectivity index (χ0v) is 16.3. The number of urea groups is 1. The number of rotatable bonds is 3. The van der Waals surface area contributed by atoms with E-state index in [0.29, 0.717) is 6.04 Å². The van der Waals surface area contributed by atoms with Crippen molar-refractivity contribution in [2.75, 3.05) is 31.1 Å². The van der Waals surface area contributed by atoms with Gasteiger partial charge in [0, 0.05) is 50.4 Å². The Kier molecular flexibility index (Phi) is 4.89. The van der Waals surface area contributed by atoms with Crippen LogP contribution in [0.1, 0.15) is 37.6 Å². The van der Waals surface area contributed by atoms with E-state index < -0.39 is 0 Å². The Labute approximate surface area is 158 Å². The lowest BCUT2D eigenvalue weighted by molar-refractivity contribution is 0.189. The van der Waals surface area contributed by atoms with Gasteiger partial charge in [0.15, 0.2) is 0 Å². The normalized spacial score (nSPS) is 20.3. The van der Waals surface area contributed by atoms with Gasteiger partial charge in [0.25, 0.3) is 0 Å². The second-order valence-corrected chi connectivity index (χ2v) is 8.40. The Morgan fingerprint density at radius 2 is 2.12 bits per heavy atom. The van der Waals surface area contributed by atoms with Gasteiger partial charge in [-0.2, -0.15) is 5.10 Å². The maximum Gasteiger partial charge on any atom is 0.317 e. The van der Waals surface area contributed by atoms with Crippen LogP contribution in [0.3, 0.4) is 0 Å². The molecular formula is C19H27N5OS. The van der Waals surface area contributed by atoms with Gasteiger partial charge in [-0.05, 0) is 49.8 Å². The van der Waals surface area contributed by atoms with Crippen LogP contribution in [0, 0.1) is 0 Å². The topological polar surface area (TPSA) is 53.4 Å². The first-order valence-electron chi connectivity index (χ1n) is 9.51. The third kappa shape index (κ3) is 3.45. The van der Waals surface area contributed by atoms with E-state index in [-0.39, 0.29) is 12.1 Å². The van der Waals surface area contributed by atoms with Gasteiger partial charge >= 0.3 is 6.03 Å². The molecule has 0 saturated carbocycles. The van der Waals surface area contributed by atoms with Crippen molar-refractivity contribution in [3.63, 3.8) is 0 Å². The molecule has 7 heteroatoms. The highest BCUT2D eigenvalue weighted by Gasteiger charge is 2.27. The summed E-state index contributed by atoms with van der Waals surface area (Å²) < 4.78 is 2.10. The van der Waals surface area contributed by atoms with E-state index >= 15 is 0 Å². The molecule has 6 nitrogen and oxygen atoms in total. The largest absolute Gasteiger partial charge is 0.360 e. The summed E-state index contributed by atoms with van der Waals surface area (Å²) in [6.07, 6.45) is 4.88. The molecule has 2 amide bonds. The molecule has 2 aliphatic rings. The van der Waals surface area contributed by atoms with Crippen molar-refractivity contribution in [1.82, 2.24) is 20.0 Å². The van der Waals surface area contributed by atoms with Gasteiger partial charge in [-0.15, -0.1) is 11.3 Å². The molecule has 1 saturated heterocycles. The third-order valence-corrected chi connectivity index (χ3v) is 6.32. The molecule has 0 radical (unpaired) electrons. The first kappa shape index (κ1) is 17.4. The van der Waals surface area contributed by atoms with E-state index in [4.69, 9.17) is 0 Å². The van der Waals surface area contributed by atoms with Crippen molar-refractivity contribution in [2.45, 2.75) is 45.2 Å². The number of hydrogen-bond donors (Lipinski definition) is 1. The molecule has 0 aromatic carbocycles. The molecule has 0 spiro atoms. The highest BCUT2D eigenvalue weighted by atomic mass is 32.1. The number of hydrogen-bond acceptors (Lipinski definition) is 4. The minimum absolute atomic E-state index is 0.0832. The number of thiophene rings is 1. The highest BCUT2D eigenvalue weighted by molar-refractivity contribution is 7.14. The summed E-state index contributed by atoms with van der Waals surface area (Å²) in [4.78, 5) is 17.0. The minimum Gasteiger partial charge on any atom is -0.360 e. The number of aryl methyl sites for hydroxylation is 1. The smallest absolute Gasteiger partial charge is 0.317 e. The summed E-state index contributed by atoms with van der Waals surface area (Å²) in [5.74, 6) is 0. The molecule has 4 rings (SSSR count). The molecule has 1 aliphatic carbocycles. The molecule has 2 aromatic heterocycles. The van der Waals surface area contributed by atoms with Gasteiger partial charge in [0.1, 0.15) is 0 Å². The molecule has 3 heterocycles. The zero-order chi connectivity index (χ0) is 18.1. The van der Waals surface area contributed by atoms with Crippen molar-refractivity contribution in [2.24, 2.45) is 0 Å². The van der Waals surface area contributed by atoms with Crippen LogP contribution in [-0.4, -0.2) is 52.9 Å². The van der Waals surface area contributed by atoms with Crippen molar-refractivity contribution < 1.29 is 4.79 Å². The fourth-order valence-corrected chi connectivity index (χ4v) is 4.72. The molecule has 2 aromatic rings. The van der Waals surface area contributed by atoms with Gasteiger partial charge in [-0.1, -0.05) is 0 Å². The Morgan fingerprint density at radius 1 is 1.31 bits per heavy atom. The van der Waals surface area contributed by atoms with E-state index in [1.807, 2.05) is 11.1 Å². The van der Waals surface area contributed by atoms with Crippen LogP contribution in [0.15, 0.2) is 23.7 Å². The van der Waals surface area contributed by atoms with Crippen LogP contribution in [0.2, 0.25) is 0 Å². The standard InChI is InChI=1S/C19H27N5OS/c1-14(2)24-17-12-16(6-5-15(17)13-20-24)21-19(25)23-9-7-22(8-10-23)18-4-3-11-26-18/h3-4,11,13-14,16H,5-10,12H2,1-2H3,(H,21,25). The second kappa shape index (κ2) is 7.31. The average Bonchev–Trinajstić information content (AvgIpc) is 3.31. The lowest BCUT2D eigenvalue weighted by atomic mass is 9.93. The minimum atomic E-state index is 0.0832. The van der Waals surface area contributed by atoms with Crippen molar-refractivity contribution in [3.8, 4) is 0 Å². The molecule has 1 fully saturated rings. The number of amides is 2. The maximum absolute atomic E-state index is 12.7. The van der Waals surface area contributed by atoms with Crippen LogP contribution in [0.25, 0.3) is 0 Å². The lowest BCUT2D eigenvalue weighted by Crippen LogP contribution is -2.54. The quantitative estimate of drug-likeness (QED) is 0.900. The van der Waals surface area contributed by atoms with Crippen LogP contribution < -0.4 is 10.2 Å². The number of carbonyl (C=O) groups excluding carboxylic acids is 1. The Bertz CT molecular complexity index is 746. The predicted octanol–water partition coefficient (Wildman–Crippen LogP) is 2.91. The molecule has 26 heavy (non-hydrogen) atoms. The fourth-order valence-electron chi connectivity index (χ4n) is 3.94. The Morgan fingerprint density at radius 3 is 2.81 bits per heavy atom. The monoisotopic (exact) mass is 373 g/mol. The number of nitrogens with zero attached hydrogens (tertiary/aromatic N) is 4. The highest BCUT2D eigenvalue weighted by Crippen LogP contribution is 2.25. The van der Waals surface area contributed by atoms with E-state index in [2.05, 4.69) is 51.4 Å². The lowest BCUT2D eigenvalue weighted by Gasteiger charge is -2.36. The maximum atomic E-state index is 12.7. The molecule has 1 aliphatic heterocycles. The number of carbonyl (C=O) groups is 1. The molecule has 1 atom stereocenters. The summed E-state index contributed by atoms with van der Waals surface area (Å²) in [7, 11) is 0. The summed E-state index contributed by atoms with van der Waals surface area (Å²) >= 11 is 1.76. The second-order valence-electron chi connectivity index (χ2n) is 7.47. The number of nitrogens with one attached hydrogen (secondary N) is 1. The summed E-state index contributed by atoms with van der Waals surface area (Å²) in [5, 5.41) is 11.2. The van der Waals surface area contributed by atoms with Crippen LogP contribution >= 0.6 is 11.3 Å². The Hall–Kier alpha value is -2.02. The van der Waals surface area contributed by atoms with Gasteiger partial charge in [-0.3, -0.25) is 4.68 Å². The number of piperazine rings is 1. The van der Waals surface area contributed by atoms with Crippen molar-refractivity contribution in [3.05, 3.63) is 35.0 Å². The molecule has 0 bridgehead atoms. The van der Waals surface area contributed by atoms with Gasteiger partial charge in [0.2, 0.25) is 0 Å². The third-order valence-electron chi connectivity index (χ3n) is 5.39. The van der Waals surface area contributed by atoms with E-state index in [0.717, 1.165) is 45.4 Å². The van der Waals surface area contributed by atoms with Crippen molar-refractivity contribution in [1.29, 1.82) is 0 Å². The molecule has 140 valence electrons. The fraction of sp³-hybridized carbons (Fsp3) is 0.579. The summed E-state index contributed by atoms with van der Waals surface area (Å²) in [6, 6.07) is 4.88. The number of anilines is 1. The van der Waals surface area contributed by atoms with E-state index in [9.17, 15) is 4.79 Å². The Balaban J connectivity index is 1.32. The SMILES string of the molecule is CC(C)n1ncc2c1CC(NC(=O)N1CCN(c3cccs3)CC1)CC2. The molecule has 1 N–H and O–H groups in total. The number of fused-ring (bicyclic) bond motifs is 1. The van der Waals surface area contributed by atoms with Gasteiger partial charge in [-0.25, -0.2) is 4.79 Å². The first-order valence-corrected chi connectivity index (χ1v) is 10.4. The average molecular weight is 374 g/mol. The van der Waals surface area contributed by atoms with Crippen LogP contribution in [0.4, 0.5) is 9.80 Å². The van der Waals surface area contributed by atoms with Crippen molar-refractivity contribution >= 4 is 22.4 Å². The first-order chi connectivity index (χ1) is 12.6. The van der Waals surface area contributed by atoms with Crippen LogP contribution in [0.5, 0.6) is 0 Å². The van der Waals surface area contributed by atoms with E-state index in [1.54, 1.807) is 11.3 Å². The summed E-state index contributed by atoms with van der Waals surface area (Å²) in [5.41, 5.74) is 2.63. The van der Waals surface area contributed by atoms with Crippen LogP contribution in [-0.2, 0) is 12.8 Å². The number of aromatic nitrogens is 2.